The first-order chi connectivity index (χ1) is 15.0. The second kappa shape index (κ2) is 10.4. The lowest BCUT2D eigenvalue weighted by Crippen LogP contribution is -2.32. The first-order valence-corrected chi connectivity index (χ1v) is 9.93. The number of ether oxygens (including phenoxy) is 2. The van der Waals surface area contributed by atoms with E-state index in [1.807, 2.05) is 67.6 Å². The molecule has 1 atom stereocenters. The molecule has 0 unspecified atom stereocenters. The van der Waals surface area contributed by atoms with Gasteiger partial charge in [0.2, 0.25) is 5.91 Å². The van der Waals surface area contributed by atoms with Gasteiger partial charge in [0.15, 0.2) is 0 Å². The zero-order chi connectivity index (χ0) is 22.2. The van der Waals surface area contributed by atoms with Crippen molar-refractivity contribution in [2.75, 3.05) is 19.5 Å². The number of methoxy groups -OCH3 is 2. The number of amides is 1. The molecule has 0 saturated carbocycles. The van der Waals surface area contributed by atoms with Crippen molar-refractivity contribution in [1.82, 2.24) is 5.32 Å². The highest BCUT2D eigenvalue weighted by Crippen LogP contribution is 2.27. The molecule has 160 valence electrons. The molecule has 0 aromatic heterocycles. The van der Waals surface area contributed by atoms with Gasteiger partial charge in [0.05, 0.1) is 25.5 Å². The molecule has 0 aliphatic rings. The summed E-state index contributed by atoms with van der Waals surface area (Å²) < 4.78 is 10.1. The standard InChI is InChI=1S/C25H26N2O4/c1-17-9-14-22(30-2)21(15-17)27-24(28)23(19-7-5-4-6-8-19)26-16-18-10-12-20(13-11-18)25(29)31-3/h4-15,23,26H,16H2,1-3H3,(H,27,28)/t23-/m0/s1. The minimum atomic E-state index is -0.577. The number of hydrogen-bond donors (Lipinski definition) is 2. The molecular weight excluding hydrogens is 392 g/mol. The van der Waals surface area contributed by atoms with Crippen LogP contribution in [0.15, 0.2) is 72.8 Å². The molecule has 0 fully saturated rings. The number of carbonyl (C=O) groups excluding carboxylic acids is 2. The van der Waals surface area contributed by atoms with Crippen molar-refractivity contribution in [1.29, 1.82) is 0 Å². The Kier molecular flexibility index (Phi) is 7.40. The zero-order valence-corrected chi connectivity index (χ0v) is 17.8. The van der Waals surface area contributed by atoms with E-state index in [0.717, 1.165) is 16.7 Å². The van der Waals surface area contributed by atoms with Crippen LogP contribution < -0.4 is 15.4 Å². The molecule has 0 heterocycles. The van der Waals surface area contributed by atoms with Gasteiger partial charge in [-0.15, -0.1) is 0 Å². The summed E-state index contributed by atoms with van der Waals surface area (Å²) in [6.45, 7) is 2.40. The van der Waals surface area contributed by atoms with E-state index in [4.69, 9.17) is 9.47 Å². The molecule has 0 aliphatic heterocycles. The molecule has 3 aromatic carbocycles. The predicted octanol–water partition coefficient (Wildman–Crippen LogP) is 4.26. The fourth-order valence-corrected chi connectivity index (χ4v) is 3.23. The highest BCUT2D eigenvalue weighted by molar-refractivity contribution is 5.96. The Morgan fingerprint density at radius 1 is 0.935 bits per heavy atom. The number of hydrogen-bond acceptors (Lipinski definition) is 5. The molecule has 0 aliphatic carbocycles. The molecule has 0 saturated heterocycles. The van der Waals surface area contributed by atoms with Crippen molar-refractivity contribution in [3.05, 3.63) is 95.1 Å². The predicted molar refractivity (Wildman–Crippen MR) is 120 cm³/mol. The monoisotopic (exact) mass is 418 g/mol. The molecule has 1 amide bonds. The first-order valence-electron chi connectivity index (χ1n) is 9.93. The molecule has 6 heteroatoms. The van der Waals surface area contributed by atoms with Crippen LogP contribution in [0.2, 0.25) is 0 Å². The Hall–Kier alpha value is -3.64. The Bertz CT molecular complexity index is 1030. The normalized spacial score (nSPS) is 11.5. The molecule has 6 nitrogen and oxygen atoms in total. The molecule has 0 spiro atoms. The molecular formula is C25H26N2O4. The lowest BCUT2D eigenvalue weighted by Gasteiger charge is -2.20. The number of rotatable bonds is 8. The Morgan fingerprint density at radius 2 is 1.65 bits per heavy atom. The van der Waals surface area contributed by atoms with Gasteiger partial charge in [-0.1, -0.05) is 48.5 Å². The summed E-state index contributed by atoms with van der Waals surface area (Å²) in [5.74, 6) is 0.0265. The van der Waals surface area contributed by atoms with Gasteiger partial charge in [-0.05, 0) is 47.9 Å². The van der Waals surface area contributed by atoms with E-state index >= 15 is 0 Å². The molecule has 0 radical (unpaired) electrons. The van der Waals surface area contributed by atoms with Crippen molar-refractivity contribution >= 4 is 17.6 Å². The van der Waals surface area contributed by atoms with Crippen LogP contribution in [0.1, 0.15) is 33.1 Å². The third-order valence-corrected chi connectivity index (χ3v) is 4.89. The van der Waals surface area contributed by atoms with Gasteiger partial charge in [0.25, 0.3) is 0 Å². The number of esters is 1. The van der Waals surface area contributed by atoms with E-state index in [2.05, 4.69) is 10.6 Å². The van der Waals surface area contributed by atoms with Gasteiger partial charge in [-0.3, -0.25) is 10.1 Å². The van der Waals surface area contributed by atoms with E-state index in [-0.39, 0.29) is 11.9 Å². The highest BCUT2D eigenvalue weighted by atomic mass is 16.5. The SMILES string of the molecule is COC(=O)c1ccc(CN[C@H](C(=O)Nc2cc(C)ccc2OC)c2ccccc2)cc1. The van der Waals surface area contributed by atoms with Crippen molar-refractivity contribution in [2.45, 2.75) is 19.5 Å². The van der Waals surface area contributed by atoms with Crippen molar-refractivity contribution in [3.8, 4) is 5.75 Å². The number of anilines is 1. The summed E-state index contributed by atoms with van der Waals surface area (Å²) in [6.07, 6.45) is 0. The second-order valence-corrected chi connectivity index (χ2v) is 7.11. The smallest absolute Gasteiger partial charge is 0.337 e. The second-order valence-electron chi connectivity index (χ2n) is 7.11. The lowest BCUT2D eigenvalue weighted by molar-refractivity contribution is -0.118. The van der Waals surface area contributed by atoms with Crippen LogP contribution in [0, 0.1) is 6.92 Å². The Morgan fingerprint density at radius 3 is 2.29 bits per heavy atom. The highest BCUT2D eigenvalue weighted by Gasteiger charge is 2.21. The van der Waals surface area contributed by atoms with E-state index in [0.29, 0.717) is 23.5 Å². The largest absolute Gasteiger partial charge is 0.495 e. The van der Waals surface area contributed by atoms with Gasteiger partial charge in [0, 0.05) is 6.54 Å². The quantitative estimate of drug-likeness (QED) is 0.535. The van der Waals surface area contributed by atoms with Crippen molar-refractivity contribution < 1.29 is 19.1 Å². The van der Waals surface area contributed by atoms with Crippen LogP contribution in [-0.4, -0.2) is 26.1 Å². The Labute approximate surface area is 182 Å². The number of carbonyl (C=O) groups is 2. The maximum absolute atomic E-state index is 13.2. The van der Waals surface area contributed by atoms with Crippen LogP contribution in [-0.2, 0) is 16.1 Å². The van der Waals surface area contributed by atoms with Gasteiger partial charge >= 0.3 is 5.97 Å². The van der Waals surface area contributed by atoms with Gasteiger partial charge < -0.3 is 14.8 Å². The number of benzene rings is 3. The summed E-state index contributed by atoms with van der Waals surface area (Å²) in [7, 11) is 2.93. The first kappa shape index (κ1) is 22.1. The van der Waals surface area contributed by atoms with Crippen molar-refractivity contribution in [2.24, 2.45) is 0 Å². The average Bonchev–Trinajstić information content (AvgIpc) is 2.80. The summed E-state index contributed by atoms with van der Waals surface area (Å²) >= 11 is 0. The average molecular weight is 418 g/mol. The summed E-state index contributed by atoms with van der Waals surface area (Å²) in [6, 6.07) is 21.7. The molecule has 3 aromatic rings. The topological polar surface area (TPSA) is 76.7 Å². The molecule has 2 N–H and O–H groups in total. The fraction of sp³-hybridized carbons (Fsp3) is 0.200. The Balaban J connectivity index is 1.78. The van der Waals surface area contributed by atoms with Crippen LogP contribution in [0.3, 0.4) is 0 Å². The minimum Gasteiger partial charge on any atom is -0.495 e. The summed E-state index contributed by atoms with van der Waals surface area (Å²) in [5, 5.41) is 6.30. The third-order valence-electron chi connectivity index (χ3n) is 4.89. The van der Waals surface area contributed by atoms with Crippen LogP contribution in [0.25, 0.3) is 0 Å². The summed E-state index contributed by atoms with van der Waals surface area (Å²) in [5.41, 5.74) is 3.91. The zero-order valence-electron chi connectivity index (χ0n) is 17.8. The number of aryl methyl sites for hydroxylation is 1. The third kappa shape index (κ3) is 5.71. The summed E-state index contributed by atoms with van der Waals surface area (Å²) in [4.78, 5) is 24.8. The van der Waals surface area contributed by atoms with Gasteiger partial charge in [0.1, 0.15) is 11.8 Å². The van der Waals surface area contributed by atoms with Gasteiger partial charge in [-0.2, -0.15) is 0 Å². The minimum absolute atomic E-state index is 0.193. The molecule has 3 rings (SSSR count). The van der Waals surface area contributed by atoms with Crippen LogP contribution >= 0.6 is 0 Å². The van der Waals surface area contributed by atoms with E-state index in [1.54, 1.807) is 19.2 Å². The van der Waals surface area contributed by atoms with E-state index in [1.165, 1.54) is 7.11 Å². The molecule has 31 heavy (non-hydrogen) atoms. The van der Waals surface area contributed by atoms with E-state index < -0.39 is 6.04 Å². The number of nitrogens with one attached hydrogen (secondary N) is 2. The maximum Gasteiger partial charge on any atom is 0.337 e. The molecule has 0 bridgehead atoms. The van der Waals surface area contributed by atoms with Crippen LogP contribution in [0.5, 0.6) is 5.75 Å². The van der Waals surface area contributed by atoms with E-state index in [9.17, 15) is 9.59 Å². The van der Waals surface area contributed by atoms with Crippen molar-refractivity contribution in [3.63, 3.8) is 0 Å². The fourth-order valence-electron chi connectivity index (χ4n) is 3.23. The lowest BCUT2D eigenvalue weighted by atomic mass is 10.0. The maximum atomic E-state index is 13.2. The van der Waals surface area contributed by atoms with Gasteiger partial charge in [-0.25, -0.2) is 4.79 Å². The van der Waals surface area contributed by atoms with Crippen LogP contribution in [0.4, 0.5) is 5.69 Å².